The smallest absolute Gasteiger partial charge is 0.324 e. The van der Waals surface area contributed by atoms with E-state index in [2.05, 4.69) is 10.6 Å². The van der Waals surface area contributed by atoms with Gasteiger partial charge in [-0.1, -0.05) is 13.0 Å². The van der Waals surface area contributed by atoms with Crippen LogP contribution in [0, 0.1) is 5.92 Å². The van der Waals surface area contributed by atoms with E-state index in [1.807, 2.05) is 24.4 Å². The molecule has 1 aliphatic heterocycles. The van der Waals surface area contributed by atoms with Crippen LogP contribution in [0.25, 0.3) is 0 Å². The van der Waals surface area contributed by atoms with Crippen molar-refractivity contribution in [2.75, 3.05) is 13.1 Å². The molecule has 0 bridgehead atoms. The molecule has 2 atom stereocenters. The molecule has 0 spiro atoms. The summed E-state index contributed by atoms with van der Waals surface area (Å²) in [7, 11) is 0. The first-order chi connectivity index (χ1) is 8.15. The summed E-state index contributed by atoms with van der Waals surface area (Å²) in [6, 6.07) is 4.01. The zero-order valence-corrected chi connectivity index (χ0v) is 10.7. The summed E-state index contributed by atoms with van der Waals surface area (Å²) in [4.78, 5) is 12.7. The molecule has 0 aromatic carbocycles. The van der Waals surface area contributed by atoms with Crippen molar-refractivity contribution < 1.29 is 9.90 Å². The van der Waals surface area contributed by atoms with E-state index in [0.29, 0.717) is 13.0 Å². The fourth-order valence-corrected chi connectivity index (χ4v) is 2.98. The van der Waals surface area contributed by atoms with Gasteiger partial charge in [0.1, 0.15) is 5.54 Å². The molecule has 3 N–H and O–H groups in total. The monoisotopic (exact) mass is 254 g/mol. The van der Waals surface area contributed by atoms with Gasteiger partial charge in [-0.2, -0.15) is 0 Å². The lowest BCUT2D eigenvalue weighted by Crippen LogP contribution is -2.62. The first-order valence-corrected chi connectivity index (χ1v) is 6.74. The van der Waals surface area contributed by atoms with E-state index in [0.717, 1.165) is 13.1 Å². The molecule has 0 saturated carbocycles. The number of thiophene rings is 1. The number of hydrogen-bond acceptors (Lipinski definition) is 4. The number of rotatable bonds is 4. The Morgan fingerprint density at radius 1 is 1.76 bits per heavy atom. The second kappa shape index (κ2) is 5.16. The normalized spacial score (nSPS) is 29.1. The van der Waals surface area contributed by atoms with E-state index in [9.17, 15) is 9.90 Å². The fraction of sp³-hybridized carbons (Fsp3) is 0.583. The Bertz CT molecular complexity index is 380. The number of carboxylic acid groups (broad SMARTS) is 1. The van der Waals surface area contributed by atoms with Crippen molar-refractivity contribution in [1.29, 1.82) is 0 Å². The minimum atomic E-state index is -0.783. The maximum absolute atomic E-state index is 11.6. The van der Waals surface area contributed by atoms with Crippen molar-refractivity contribution in [2.45, 2.75) is 25.4 Å². The summed E-state index contributed by atoms with van der Waals surface area (Å²) in [6.07, 6.45) is 0.634. The molecular weight excluding hydrogens is 236 g/mol. The van der Waals surface area contributed by atoms with Crippen LogP contribution in [0.3, 0.4) is 0 Å². The molecule has 4 nitrogen and oxygen atoms in total. The zero-order chi connectivity index (χ0) is 12.3. The molecule has 94 valence electrons. The van der Waals surface area contributed by atoms with Gasteiger partial charge in [-0.15, -0.1) is 11.3 Å². The summed E-state index contributed by atoms with van der Waals surface area (Å²) in [5.74, 6) is -0.642. The topological polar surface area (TPSA) is 61.4 Å². The van der Waals surface area contributed by atoms with E-state index in [-0.39, 0.29) is 5.92 Å². The van der Waals surface area contributed by atoms with Gasteiger partial charge in [-0.05, 0) is 30.3 Å². The van der Waals surface area contributed by atoms with Gasteiger partial charge in [0.05, 0.1) is 0 Å². The lowest BCUT2D eigenvalue weighted by atomic mass is 9.79. The van der Waals surface area contributed by atoms with E-state index >= 15 is 0 Å². The molecule has 1 aliphatic rings. The van der Waals surface area contributed by atoms with Crippen LogP contribution in [0.4, 0.5) is 0 Å². The predicted octanol–water partition coefficient (Wildman–Crippen LogP) is 1.29. The minimum absolute atomic E-state index is 0.0914. The third-order valence-electron chi connectivity index (χ3n) is 3.53. The van der Waals surface area contributed by atoms with Crippen molar-refractivity contribution in [2.24, 2.45) is 5.92 Å². The van der Waals surface area contributed by atoms with Crippen LogP contribution in [-0.4, -0.2) is 29.7 Å². The fourth-order valence-electron chi connectivity index (χ4n) is 2.34. The lowest BCUT2D eigenvalue weighted by Gasteiger charge is -2.40. The first-order valence-electron chi connectivity index (χ1n) is 5.86. The standard InChI is InChI=1S/C12H18N2O2S/c1-9-7-13-5-4-12(9,11(15)16)14-8-10-3-2-6-17-10/h2-3,6,9,13-14H,4-5,7-8H2,1H3,(H,15,16). The van der Waals surface area contributed by atoms with Crippen molar-refractivity contribution in [3.63, 3.8) is 0 Å². The molecule has 0 aliphatic carbocycles. The summed E-state index contributed by atoms with van der Waals surface area (Å²) >= 11 is 1.65. The second-order valence-electron chi connectivity index (χ2n) is 4.56. The number of carbonyl (C=O) groups is 1. The maximum atomic E-state index is 11.6. The third-order valence-corrected chi connectivity index (χ3v) is 4.40. The van der Waals surface area contributed by atoms with Gasteiger partial charge in [-0.3, -0.25) is 10.1 Å². The Kier molecular flexibility index (Phi) is 3.81. The SMILES string of the molecule is CC1CNCCC1(NCc1cccs1)C(=O)O. The van der Waals surface area contributed by atoms with Crippen LogP contribution in [0.15, 0.2) is 17.5 Å². The highest BCUT2D eigenvalue weighted by Gasteiger charge is 2.44. The van der Waals surface area contributed by atoms with E-state index in [1.165, 1.54) is 4.88 Å². The van der Waals surface area contributed by atoms with Gasteiger partial charge >= 0.3 is 5.97 Å². The Labute approximate surface area is 105 Å². The van der Waals surface area contributed by atoms with E-state index < -0.39 is 11.5 Å². The molecule has 1 fully saturated rings. The lowest BCUT2D eigenvalue weighted by molar-refractivity contribution is -0.148. The Morgan fingerprint density at radius 2 is 2.59 bits per heavy atom. The predicted molar refractivity (Wildman–Crippen MR) is 68.2 cm³/mol. The van der Waals surface area contributed by atoms with Crippen LogP contribution in [0.1, 0.15) is 18.2 Å². The highest BCUT2D eigenvalue weighted by molar-refractivity contribution is 7.09. The van der Waals surface area contributed by atoms with Crippen molar-refractivity contribution in [1.82, 2.24) is 10.6 Å². The molecule has 1 aromatic heterocycles. The number of carboxylic acids is 1. The van der Waals surface area contributed by atoms with E-state index in [1.54, 1.807) is 11.3 Å². The Hall–Kier alpha value is -0.910. The molecule has 5 heteroatoms. The number of piperidine rings is 1. The summed E-state index contributed by atoms with van der Waals surface area (Å²) < 4.78 is 0. The average molecular weight is 254 g/mol. The molecule has 1 saturated heterocycles. The molecule has 2 rings (SSSR count). The first kappa shape index (κ1) is 12.5. The quantitative estimate of drug-likeness (QED) is 0.758. The minimum Gasteiger partial charge on any atom is -0.480 e. The Morgan fingerprint density at radius 3 is 3.18 bits per heavy atom. The van der Waals surface area contributed by atoms with Gasteiger partial charge < -0.3 is 10.4 Å². The van der Waals surface area contributed by atoms with Crippen molar-refractivity contribution in [3.05, 3.63) is 22.4 Å². The van der Waals surface area contributed by atoms with Gasteiger partial charge in [0.2, 0.25) is 0 Å². The van der Waals surface area contributed by atoms with Gasteiger partial charge in [0, 0.05) is 18.0 Å². The number of aliphatic carboxylic acids is 1. The highest BCUT2D eigenvalue weighted by Crippen LogP contribution is 2.25. The molecular formula is C12H18N2O2S. The van der Waals surface area contributed by atoms with Crippen LogP contribution >= 0.6 is 11.3 Å². The molecule has 2 unspecified atom stereocenters. The third kappa shape index (κ3) is 2.51. The molecule has 0 amide bonds. The maximum Gasteiger partial charge on any atom is 0.324 e. The van der Waals surface area contributed by atoms with Gasteiger partial charge in [0.25, 0.3) is 0 Å². The van der Waals surface area contributed by atoms with Crippen molar-refractivity contribution >= 4 is 17.3 Å². The summed E-state index contributed by atoms with van der Waals surface area (Å²) in [5.41, 5.74) is -0.783. The van der Waals surface area contributed by atoms with Gasteiger partial charge in [-0.25, -0.2) is 0 Å². The van der Waals surface area contributed by atoms with Crippen LogP contribution < -0.4 is 10.6 Å². The van der Waals surface area contributed by atoms with Crippen LogP contribution in [-0.2, 0) is 11.3 Å². The van der Waals surface area contributed by atoms with Crippen LogP contribution in [0.2, 0.25) is 0 Å². The summed E-state index contributed by atoms with van der Waals surface area (Å²) in [5, 5.41) is 18.0. The largest absolute Gasteiger partial charge is 0.480 e. The van der Waals surface area contributed by atoms with Gasteiger partial charge in [0.15, 0.2) is 0 Å². The molecule has 1 aromatic rings. The highest BCUT2D eigenvalue weighted by atomic mass is 32.1. The Balaban J connectivity index is 2.08. The summed E-state index contributed by atoms with van der Waals surface area (Å²) in [6.45, 7) is 4.13. The molecule has 0 radical (unpaired) electrons. The zero-order valence-electron chi connectivity index (χ0n) is 9.90. The van der Waals surface area contributed by atoms with Crippen LogP contribution in [0.5, 0.6) is 0 Å². The number of nitrogens with one attached hydrogen (secondary N) is 2. The molecule has 2 heterocycles. The average Bonchev–Trinajstić information content (AvgIpc) is 2.81. The molecule has 17 heavy (non-hydrogen) atoms. The number of hydrogen-bond donors (Lipinski definition) is 3. The van der Waals surface area contributed by atoms with Crippen molar-refractivity contribution in [3.8, 4) is 0 Å². The second-order valence-corrected chi connectivity index (χ2v) is 5.60. The van der Waals surface area contributed by atoms with E-state index in [4.69, 9.17) is 0 Å².